The predicted octanol–water partition coefficient (Wildman–Crippen LogP) is 1.73. The first-order chi connectivity index (χ1) is 9.29. The Bertz CT molecular complexity index is 716. The lowest BCUT2D eigenvalue weighted by Gasteiger charge is -2.17. The third-order valence-electron chi connectivity index (χ3n) is 3.10. The number of aryl methyl sites for hydroxylation is 1. The van der Waals surface area contributed by atoms with E-state index in [-0.39, 0.29) is 0 Å². The van der Waals surface area contributed by atoms with Crippen LogP contribution in [-0.2, 0) is 7.05 Å². The lowest BCUT2D eigenvalue weighted by molar-refractivity contribution is 0.172. The fraction of sp³-hybridized carbons (Fsp3) is 0.231. The molecule has 0 radical (unpaired) electrons. The highest BCUT2D eigenvalue weighted by molar-refractivity contribution is 5.82. The van der Waals surface area contributed by atoms with Gasteiger partial charge in [0.15, 0.2) is 17.3 Å². The summed E-state index contributed by atoms with van der Waals surface area (Å²) in [6.07, 6.45) is 1.89. The minimum atomic E-state index is 0.579. The molecule has 0 amide bonds. The first-order valence-corrected chi connectivity index (χ1v) is 6.09. The molecule has 6 heteroatoms. The maximum Gasteiger partial charge on any atom is 0.163 e. The lowest BCUT2D eigenvalue weighted by Crippen LogP contribution is -2.15. The summed E-state index contributed by atoms with van der Waals surface area (Å²) in [5, 5.41) is 4.33. The highest BCUT2D eigenvalue weighted by atomic mass is 16.6. The van der Waals surface area contributed by atoms with Gasteiger partial charge in [-0.25, -0.2) is 4.98 Å². The van der Waals surface area contributed by atoms with Gasteiger partial charge < -0.3 is 14.5 Å². The van der Waals surface area contributed by atoms with Gasteiger partial charge in [0.2, 0.25) is 0 Å². The van der Waals surface area contributed by atoms with Gasteiger partial charge in [-0.3, -0.25) is 4.68 Å². The Balaban J connectivity index is 1.87. The van der Waals surface area contributed by atoms with Gasteiger partial charge in [-0.1, -0.05) is 0 Å². The van der Waals surface area contributed by atoms with Crippen molar-refractivity contribution in [3.8, 4) is 23.0 Å². The van der Waals surface area contributed by atoms with Crippen LogP contribution in [0, 0.1) is 0 Å². The molecule has 0 unspecified atom stereocenters. The van der Waals surface area contributed by atoms with E-state index in [4.69, 9.17) is 9.47 Å². The summed E-state index contributed by atoms with van der Waals surface area (Å²) in [7, 11) is 1.88. The molecule has 0 saturated heterocycles. The van der Waals surface area contributed by atoms with Crippen LogP contribution in [-0.4, -0.2) is 33.0 Å². The topological polar surface area (TPSA) is 65.0 Å². The molecule has 0 spiro atoms. The SMILES string of the molecule is Cn1ccc(-c2nc3cc4c(cc3[nH]2)OCCO4)n1. The van der Waals surface area contributed by atoms with Crippen LogP contribution in [0.5, 0.6) is 11.5 Å². The molecule has 3 heterocycles. The highest BCUT2D eigenvalue weighted by Gasteiger charge is 2.15. The molecular weight excluding hydrogens is 244 g/mol. The molecule has 2 aromatic heterocycles. The second kappa shape index (κ2) is 3.74. The van der Waals surface area contributed by atoms with E-state index >= 15 is 0 Å². The van der Waals surface area contributed by atoms with Crippen LogP contribution in [0.15, 0.2) is 24.4 Å². The van der Waals surface area contributed by atoms with Crippen molar-refractivity contribution >= 4 is 11.0 Å². The molecule has 1 aromatic carbocycles. The zero-order valence-electron chi connectivity index (χ0n) is 10.4. The van der Waals surface area contributed by atoms with Crippen LogP contribution in [0.1, 0.15) is 0 Å². The van der Waals surface area contributed by atoms with Gasteiger partial charge in [-0.05, 0) is 6.07 Å². The van der Waals surface area contributed by atoms with Gasteiger partial charge in [0.25, 0.3) is 0 Å². The molecule has 1 aliphatic rings. The Morgan fingerprint density at radius 1 is 1.21 bits per heavy atom. The number of nitrogens with zero attached hydrogens (tertiary/aromatic N) is 3. The highest BCUT2D eigenvalue weighted by Crippen LogP contribution is 2.34. The number of imidazole rings is 1. The van der Waals surface area contributed by atoms with E-state index in [0.29, 0.717) is 13.2 Å². The minimum absolute atomic E-state index is 0.579. The summed E-state index contributed by atoms with van der Waals surface area (Å²) >= 11 is 0. The monoisotopic (exact) mass is 256 g/mol. The number of aromatic nitrogens is 4. The standard InChI is InChI=1S/C13H12N4O2/c1-17-3-2-8(16-17)13-14-9-6-11-12(7-10(9)15-13)19-5-4-18-11/h2-3,6-7H,4-5H2,1H3,(H,14,15). The van der Waals surface area contributed by atoms with Gasteiger partial charge in [-0.2, -0.15) is 5.10 Å². The second-order valence-electron chi connectivity index (χ2n) is 4.47. The van der Waals surface area contributed by atoms with Crippen LogP contribution in [0.3, 0.4) is 0 Å². The van der Waals surface area contributed by atoms with E-state index in [1.807, 2.05) is 31.4 Å². The Morgan fingerprint density at radius 3 is 2.74 bits per heavy atom. The van der Waals surface area contributed by atoms with Crippen molar-refractivity contribution in [2.75, 3.05) is 13.2 Å². The molecule has 0 fully saturated rings. The summed E-state index contributed by atoms with van der Waals surface area (Å²) in [5.74, 6) is 2.26. The summed E-state index contributed by atoms with van der Waals surface area (Å²) in [5.41, 5.74) is 2.59. The van der Waals surface area contributed by atoms with Gasteiger partial charge in [-0.15, -0.1) is 0 Å². The van der Waals surface area contributed by atoms with Crippen molar-refractivity contribution in [1.82, 2.24) is 19.7 Å². The zero-order chi connectivity index (χ0) is 12.8. The predicted molar refractivity (Wildman–Crippen MR) is 69.3 cm³/mol. The van der Waals surface area contributed by atoms with E-state index in [1.165, 1.54) is 0 Å². The number of benzene rings is 1. The number of hydrogen-bond donors (Lipinski definition) is 1. The quantitative estimate of drug-likeness (QED) is 0.720. The molecule has 0 bridgehead atoms. The van der Waals surface area contributed by atoms with Crippen LogP contribution >= 0.6 is 0 Å². The average molecular weight is 256 g/mol. The molecule has 0 aliphatic carbocycles. The normalized spacial score (nSPS) is 13.9. The minimum Gasteiger partial charge on any atom is -0.486 e. The molecule has 0 atom stereocenters. The fourth-order valence-corrected chi connectivity index (χ4v) is 2.21. The second-order valence-corrected chi connectivity index (χ2v) is 4.47. The molecule has 1 N–H and O–H groups in total. The smallest absolute Gasteiger partial charge is 0.163 e. The number of rotatable bonds is 1. The molecule has 4 rings (SSSR count). The van der Waals surface area contributed by atoms with Crippen LogP contribution in [0.25, 0.3) is 22.6 Å². The van der Waals surface area contributed by atoms with Gasteiger partial charge >= 0.3 is 0 Å². The molecule has 1 aliphatic heterocycles. The molecule has 96 valence electrons. The number of aromatic amines is 1. The van der Waals surface area contributed by atoms with Crippen LogP contribution in [0.4, 0.5) is 0 Å². The number of hydrogen-bond acceptors (Lipinski definition) is 4. The van der Waals surface area contributed by atoms with Crippen molar-refractivity contribution in [3.63, 3.8) is 0 Å². The Labute approximate surface area is 109 Å². The third-order valence-corrected chi connectivity index (χ3v) is 3.10. The molecular formula is C13H12N4O2. The molecule has 3 aromatic rings. The Morgan fingerprint density at radius 2 is 2.00 bits per heavy atom. The molecule has 0 saturated carbocycles. The van der Waals surface area contributed by atoms with E-state index in [1.54, 1.807) is 4.68 Å². The summed E-state index contributed by atoms with van der Waals surface area (Å²) in [6, 6.07) is 5.74. The number of ether oxygens (including phenoxy) is 2. The molecule has 6 nitrogen and oxygen atoms in total. The first kappa shape index (κ1) is 10.4. The maximum absolute atomic E-state index is 5.56. The number of nitrogens with one attached hydrogen (secondary N) is 1. The van der Waals surface area contributed by atoms with E-state index in [9.17, 15) is 0 Å². The van der Waals surface area contributed by atoms with E-state index in [2.05, 4.69) is 15.1 Å². The van der Waals surface area contributed by atoms with Gasteiger partial charge in [0.05, 0.1) is 11.0 Å². The largest absolute Gasteiger partial charge is 0.486 e. The molecule has 19 heavy (non-hydrogen) atoms. The average Bonchev–Trinajstić information content (AvgIpc) is 3.01. The first-order valence-electron chi connectivity index (χ1n) is 6.09. The summed E-state index contributed by atoms with van der Waals surface area (Å²) in [4.78, 5) is 7.79. The number of fused-ring (bicyclic) bond motifs is 2. The zero-order valence-corrected chi connectivity index (χ0v) is 10.4. The summed E-state index contributed by atoms with van der Waals surface area (Å²) in [6.45, 7) is 1.16. The summed E-state index contributed by atoms with van der Waals surface area (Å²) < 4.78 is 12.9. The van der Waals surface area contributed by atoms with Crippen molar-refractivity contribution in [3.05, 3.63) is 24.4 Å². The van der Waals surface area contributed by atoms with E-state index < -0.39 is 0 Å². The van der Waals surface area contributed by atoms with Crippen LogP contribution in [0.2, 0.25) is 0 Å². The van der Waals surface area contributed by atoms with Crippen molar-refractivity contribution < 1.29 is 9.47 Å². The fourth-order valence-electron chi connectivity index (χ4n) is 2.21. The van der Waals surface area contributed by atoms with Crippen LogP contribution < -0.4 is 9.47 Å². The number of H-pyrrole nitrogens is 1. The third kappa shape index (κ3) is 1.64. The van der Waals surface area contributed by atoms with Gasteiger partial charge in [0.1, 0.15) is 18.9 Å². The van der Waals surface area contributed by atoms with E-state index in [0.717, 1.165) is 34.1 Å². The van der Waals surface area contributed by atoms with Crippen molar-refractivity contribution in [2.45, 2.75) is 0 Å². The Hall–Kier alpha value is -2.50. The maximum atomic E-state index is 5.56. The van der Waals surface area contributed by atoms with Gasteiger partial charge in [0, 0.05) is 25.4 Å². The lowest BCUT2D eigenvalue weighted by atomic mass is 10.2. The Kier molecular flexibility index (Phi) is 2.05. The van der Waals surface area contributed by atoms with Crippen molar-refractivity contribution in [2.24, 2.45) is 7.05 Å². The van der Waals surface area contributed by atoms with Crippen molar-refractivity contribution in [1.29, 1.82) is 0 Å².